The molecular weight excluding hydrogens is 348 g/mol. The molecule has 0 spiro atoms. The van der Waals surface area contributed by atoms with Crippen molar-refractivity contribution in [3.05, 3.63) is 53.3 Å². The normalized spacial score (nSPS) is 20.1. The Labute approximate surface area is 156 Å². The number of ether oxygens (including phenoxy) is 2. The van der Waals surface area contributed by atoms with Gasteiger partial charge in [0.05, 0.1) is 24.9 Å². The largest absolute Gasteiger partial charge is 0.379 e. The Hall–Kier alpha value is -2.71. The molecule has 1 aliphatic heterocycles. The number of hydrogen-bond acceptors (Lipinski definition) is 6. The van der Waals surface area contributed by atoms with E-state index in [1.54, 1.807) is 6.20 Å². The monoisotopic (exact) mass is 370 g/mol. The molecule has 0 aromatic carbocycles. The third kappa shape index (κ3) is 3.72. The van der Waals surface area contributed by atoms with Crippen LogP contribution in [0.25, 0.3) is 5.65 Å². The zero-order valence-corrected chi connectivity index (χ0v) is 15.3. The van der Waals surface area contributed by atoms with Gasteiger partial charge in [-0.25, -0.2) is 4.98 Å². The summed E-state index contributed by atoms with van der Waals surface area (Å²) >= 11 is 0. The highest BCUT2D eigenvalue weighted by molar-refractivity contribution is 5.93. The topological polar surface area (TPSA) is 90.9 Å². The Kier molecular flexibility index (Phi) is 4.91. The predicted molar refractivity (Wildman–Crippen MR) is 96.4 cm³/mol. The van der Waals surface area contributed by atoms with Gasteiger partial charge in [-0.05, 0) is 32.4 Å². The van der Waals surface area contributed by atoms with Crippen LogP contribution in [0.2, 0.25) is 0 Å². The summed E-state index contributed by atoms with van der Waals surface area (Å²) in [5.41, 5.74) is 2.87. The summed E-state index contributed by atoms with van der Waals surface area (Å²) in [6.07, 6.45) is 4.03. The molecule has 0 radical (unpaired) electrons. The lowest BCUT2D eigenvalue weighted by atomic mass is 10.1. The minimum absolute atomic E-state index is 0.142. The van der Waals surface area contributed by atoms with Gasteiger partial charge in [-0.2, -0.15) is 0 Å². The minimum atomic E-state index is -0.242. The second-order valence-electron chi connectivity index (χ2n) is 6.69. The second kappa shape index (κ2) is 7.50. The number of carbonyl (C=O) groups is 1. The minimum Gasteiger partial charge on any atom is -0.379 e. The average Bonchev–Trinajstić information content (AvgIpc) is 3.25. The number of aryl methyl sites for hydroxylation is 2. The summed E-state index contributed by atoms with van der Waals surface area (Å²) in [6, 6.07) is 5.51. The third-order valence-corrected chi connectivity index (χ3v) is 4.84. The van der Waals surface area contributed by atoms with E-state index in [9.17, 15) is 4.79 Å². The molecule has 1 aliphatic rings. The van der Waals surface area contributed by atoms with Crippen LogP contribution in [-0.2, 0) is 16.1 Å². The number of nitrogens with one attached hydrogen (secondary N) is 1. The van der Waals surface area contributed by atoms with Gasteiger partial charge < -0.3 is 23.7 Å². The molecule has 0 bridgehead atoms. The number of hydrogen-bond donors (Lipinski definition) is 1. The number of imidazole rings is 1. The number of amides is 1. The van der Waals surface area contributed by atoms with Crippen molar-refractivity contribution < 1.29 is 18.8 Å². The first-order valence-corrected chi connectivity index (χ1v) is 8.97. The highest BCUT2D eigenvalue weighted by atomic mass is 16.5. The van der Waals surface area contributed by atoms with Crippen LogP contribution in [0.5, 0.6) is 0 Å². The fourth-order valence-electron chi connectivity index (χ4n) is 3.23. The summed E-state index contributed by atoms with van der Waals surface area (Å²) in [7, 11) is 0. The maximum Gasteiger partial charge on any atom is 0.271 e. The first-order chi connectivity index (χ1) is 13.1. The average molecular weight is 370 g/mol. The number of pyridine rings is 1. The number of nitrogens with zero attached hydrogens (tertiary/aromatic N) is 3. The first kappa shape index (κ1) is 17.7. The molecule has 3 aromatic heterocycles. The van der Waals surface area contributed by atoms with Crippen molar-refractivity contribution in [2.24, 2.45) is 0 Å². The van der Waals surface area contributed by atoms with Gasteiger partial charge in [-0.3, -0.25) is 4.79 Å². The molecule has 2 atom stereocenters. The highest BCUT2D eigenvalue weighted by Gasteiger charge is 2.29. The van der Waals surface area contributed by atoms with E-state index < -0.39 is 0 Å². The van der Waals surface area contributed by atoms with Crippen LogP contribution in [0.4, 0.5) is 0 Å². The zero-order valence-electron chi connectivity index (χ0n) is 15.3. The van der Waals surface area contributed by atoms with Gasteiger partial charge >= 0.3 is 0 Å². The van der Waals surface area contributed by atoms with Gasteiger partial charge in [0.1, 0.15) is 23.2 Å². The van der Waals surface area contributed by atoms with E-state index in [1.165, 1.54) is 0 Å². The molecule has 1 amide bonds. The van der Waals surface area contributed by atoms with Crippen LogP contribution in [0, 0.1) is 13.8 Å². The Morgan fingerprint density at radius 1 is 1.41 bits per heavy atom. The molecule has 1 saturated heterocycles. The zero-order chi connectivity index (χ0) is 18.8. The second-order valence-corrected chi connectivity index (χ2v) is 6.69. The molecule has 0 aliphatic carbocycles. The number of aromatic nitrogens is 3. The smallest absolute Gasteiger partial charge is 0.271 e. The fraction of sp³-hybridized carbons (Fsp3) is 0.421. The van der Waals surface area contributed by atoms with Crippen molar-refractivity contribution in [2.75, 3.05) is 13.2 Å². The van der Waals surface area contributed by atoms with Crippen LogP contribution in [-0.4, -0.2) is 45.8 Å². The van der Waals surface area contributed by atoms with Crippen molar-refractivity contribution in [1.82, 2.24) is 19.9 Å². The van der Waals surface area contributed by atoms with Gasteiger partial charge in [0, 0.05) is 24.6 Å². The summed E-state index contributed by atoms with van der Waals surface area (Å²) in [5, 5.41) is 6.99. The van der Waals surface area contributed by atoms with Crippen molar-refractivity contribution in [1.29, 1.82) is 0 Å². The van der Waals surface area contributed by atoms with Crippen molar-refractivity contribution in [3.63, 3.8) is 0 Å². The van der Waals surface area contributed by atoms with Crippen molar-refractivity contribution in [3.8, 4) is 0 Å². The van der Waals surface area contributed by atoms with E-state index in [0.29, 0.717) is 31.9 Å². The summed E-state index contributed by atoms with van der Waals surface area (Å²) in [6.45, 7) is 5.13. The molecular formula is C19H22N4O4. The predicted octanol–water partition coefficient (Wildman–Crippen LogP) is 2.04. The van der Waals surface area contributed by atoms with Gasteiger partial charge in [0.2, 0.25) is 0 Å². The third-order valence-electron chi connectivity index (χ3n) is 4.84. The summed E-state index contributed by atoms with van der Waals surface area (Å²) in [5.74, 6) is 0.533. The molecule has 27 heavy (non-hydrogen) atoms. The van der Waals surface area contributed by atoms with Gasteiger partial charge in [0.25, 0.3) is 5.91 Å². The lowest BCUT2D eigenvalue weighted by molar-refractivity contribution is -0.0739. The van der Waals surface area contributed by atoms with E-state index >= 15 is 0 Å². The van der Waals surface area contributed by atoms with Crippen LogP contribution < -0.4 is 5.32 Å². The van der Waals surface area contributed by atoms with Crippen LogP contribution in [0.15, 0.2) is 35.1 Å². The SMILES string of the molecule is Cc1noc(C)c1CO[C@@H]1COCC[C@H]1NC(=O)c1cn2ccccc2n1. The molecule has 3 aromatic rings. The lowest BCUT2D eigenvalue weighted by Crippen LogP contribution is -2.50. The van der Waals surface area contributed by atoms with Crippen LogP contribution in [0.3, 0.4) is 0 Å². The maximum atomic E-state index is 12.7. The van der Waals surface area contributed by atoms with Gasteiger partial charge in [0.15, 0.2) is 0 Å². The number of fused-ring (bicyclic) bond motifs is 1. The molecule has 142 valence electrons. The van der Waals surface area contributed by atoms with Crippen LogP contribution >= 0.6 is 0 Å². The molecule has 0 saturated carbocycles. The van der Waals surface area contributed by atoms with Crippen molar-refractivity contribution >= 4 is 11.6 Å². The van der Waals surface area contributed by atoms with E-state index in [0.717, 1.165) is 22.7 Å². The summed E-state index contributed by atoms with van der Waals surface area (Å²) < 4.78 is 18.6. The molecule has 1 fully saturated rings. The Morgan fingerprint density at radius 3 is 3.07 bits per heavy atom. The first-order valence-electron chi connectivity index (χ1n) is 8.97. The van der Waals surface area contributed by atoms with Gasteiger partial charge in [-0.15, -0.1) is 0 Å². The van der Waals surface area contributed by atoms with E-state index in [2.05, 4.69) is 15.5 Å². The van der Waals surface area contributed by atoms with Crippen molar-refractivity contribution in [2.45, 2.75) is 39.0 Å². The van der Waals surface area contributed by atoms with E-state index in [-0.39, 0.29) is 18.1 Å². The molecule has 4 heterocycles. The van der Waals surface area contributed by atoms with Gasteiger partial charge in [-0.1, -0.05) is 11.2 Å². The Morgan fingerprint density at radius 2 is 2.30 bits per heavy atom. The fourth-order valence-corrected chi connectivity index (χ4v) is 3.23. The van der Waals surface area contributed by atoms with Crippen LogP contribution in [0.1, 0.15) is 33.9 Å². The number of carbonyl (C=O) groups excluding carboxylic acids is 1. The molecule has 8 heteroatoms. The molecule has 1 N–H and O–H groups in total. The number of rotatable bonds is 5. The standard InChI is InChI=1S/C19H22N4O4/c1-12-14(13(2)27-22-12)10-26-17-11-25-8-6-15(17)21-19(24)16-9-23-7-4-3-5-18(23)20-16/h3-5,7,9,15,17H,6,8,10-11H2,1-2H3,(H,21,24)/t15-,17-/m1/s1. The van der Waals surface area contributed by atoms with E-state index in [1.807, 2.05) is 42.6 Å². The molecule has 8 nitrogen and oxygen atoms in total. The maximum absolute atomic E-state index is 12.7. The molecule has 0 unspecified atom stereocenters. The highest BCUT2D eigenvalue weighted by Crippen LogP contribution is 2.18. The van der Waals surface area contributed by atoms with E-state index in [4.69, 9.17) is 14.0 Å². The quantitative estimate of drug-likeness (QED) is 0.739. The Bertz CT molecular complexity index is 896. The lowest BCUT2D eigenvalue weighted by Gasteiger charge is -2.31. The molecule has 4 rings (SSSR count). The summed E-state index contributed by atoms with van der Waals surface area (Å²) in [4.78, 5) is 17.0. The Balaban J connectivity index is 1.43.